The maximum absolute atomic E-state index is 11.3. The smallest absolute Gasteiger partial charge is 0.339 e. The molecule has 0 saturated heterocycles. The van der Waals surface area contributed by atoms with E-state index >= 15 is 0 Å². The number of pyridine rings is 1. The Bertz CT molecular complexity index is 536. The molecule has 0 atom stereocenters. The molecule has 17 heavy (non-hydrogen) atoms. The molecule has 0 aliphatic heterocycles. The fourth-order valence-corrected chi connectivity index (χ4v) is 1.51. The van der Waals surface area contributed by atoms with Gasteiger partial charge < -0.3 is 9.84 Å². The van der Waals surface area contributed by atoms with Gasteiger partial charge in [-0.2, -0.15) is 5.10 Å². The van der Waals surface area contributed by atoms with Crippen LogP contribution in [0, 0.1) is 0 Å². The third-order valence-electron chi connectivity index (χ3n) is 2.35. The minimum Gasteiger partial charge on any atom is -0.465 e. The standard InChI is InChI=1S/C11H13N3O3/c1-17-11(16)8-4-5-10-12-9(3-2-6-15)13-14(10)7-8/h4-5,7,15H,2-3,6H2,1H3. The minimum absolute atomic E-state index is 0.114. The monoisotopic (exact) mass is 235 g/mol. The fraction of sp³-hybridized carbons (Fsp3) is 0.364. The number of carbonyl (C=O) groups is 1. The molecule has 0 saturated carbocycles. The van der Waals surface area contributed by atoms with Gasteiger partial charge in [0.2, 0.25) is 0 Å². The van der Waals surface area contributed by atoms with Crippen molar-refractivity contribution >= 4 is 11.6 Å². The number of rotatable bonds is 4. The van der Waals surface area contributed by atoms with E-state index in [9.17, 15) is 4.79 Å². The second-order valence-electron chi connectivity index (χ2n) is 3.57. The normalized spacial score (nSPS) is 10.7. The molecule has 0 aromatic carbocycles. The van der Waals surface area contributed by atoms with Gasteiger partial charge in [-0.25, -0.2) is 14.3 Å². The quantitative estimate of drug-likeness (QED) is 0.778. The molecule has 0 aliphatic carbocycles. The molecule has 6 nitrogen and oxygen atoms in total. The number of hydrogen-bond acceptors (Lipinski definition) is 5. The highest BCUT2D eigenvalue weighted by atomic mass is 16.5. The molecule has 0 unspecified atom stereocenters. The summed E-state index contributed by atoms with van der Waals surface area (Å²) in [5, 5.41) is 12.9. The molecule has 1 N–H and O–H groups in total. The molecular weight excluding hydrogens is 222 g/mol. The van der Waals surface area contributed by atoms with Gasteiger partial charge in [0.05, 0.1) is 12.7 Å². The van der Waals surface area contributed by atoms with E-state index in [-0.39, 0.29) is 6.61 Å². The van der Waals surface area contributed by atoms with Crippen molar-refractivity contribution in [2.24, 2.45) is 0 Å². The average molecular weight is 235 g/mol. The second kappa shape index (κ2) is 4.92. The molecule has 2 heterocycles. The van der Waals surface area contributed by atoms with Crippen LogP contribution in [0.25, 0.3) is 5.65 Å². The fourth-order valence-electron chi connectivity index (χ4n) is 1.51. The summed E-state index contributed by atoms with van der Waals surface area (Å²) in [5.74, 6) is 0.250. The van der Waals surface area contributed by atoms with Gasteiger partial charge in [0.25, 0.3) is 0 Å². The Morgan fingerprint density at radius 1 is 1.53 bits per heavy atom. The number of hydrogen-bond donors (Lipinski definition) is 1. The van der Waals surface area contributed by atoms with E-state index in [4.69, 9.17) is 5.11 Å². The van der Waals surface area contributed by atoms with Crippen LogP contribution in [0.4, 0.5) is 0 Å². The van der Waals surface area contributed by atoms with Crippen LogP contribution in [0.3, 0.4) is 0 Å². The van der Waals surface area contributed by atoms with Gasteiger partial charge in [-0.1, -0.05) is 0 Å². The van der Waals surface area contributed by atoms with E-state index in [0.29, 0.717) is 29.9 Å². The Labute approximate surface area is 97.9 Å². The first kappa shape index (κ1) is 11.5. The van der Waals surface area contributed by atoms with Crippen LogP contribution < -0.4 is 0 Å². The third kappa shape index (κ3) is 2.42. The lowest BCUT2D eigenvalue weighted by Crippen LogP contribution is -2.03. The summed E-state index contributed by atoms with van der Waals surface area (Å²) < 4.78 is 6.16. The minimum atomic E-state index is -0.403. The van der Waals surface area contributed by atoms with Crippen LogP contribution in [0.1, 0.15) is 22.6 Å². The van der Waals surface area contributed by atoms with Crippen molar-refractivity contribution in [3.63, 3.8) is 0 Å². The maximum Gasteiger partial charge on any atom is 0.339 e. The van der Waals surface area contributed by atoms with Gasteiger partial charge in [-0.15, -0.1) is 0 Å². The summed E-state index contributed by atoms with van der Waals surface area (Å²) in [7, 11) is 1.33. The molecule has 2 aromatic rings. The van der Waals surface area contributed by atoms with Crippen LogP contribution in [0.5, 0.6) is 0 Å². The van der Waals surface area contributed by atoms with E-state index < -0.39 is 5.97 Å². The Hall–Kier alpha value is -1.95. The average Bonchev–Trinajstić information content (AvgIpc) is 2.76. The van der Waals surface area contributed by atoms with Gasteiger partial charge in [-0.05, 0) is 18.6 Å². The molecule has 2 aromatic heterocycles. The largest absolute Gasteiger partial charge is 0.465 e. The van der Waals surface area contributed by atoms with Gasteiger partial charge in [0, 0.05) is 19.2 Å². The Balaban J connectivity index is 2.31. The Morgan fingerprint density at radius 2 is 2.35 bits per heavy atom. The van der Waals surface area contributed by atoms with Crippen molar-refractivity contribution in [2.45, 2.75) is 12.8 Å². The Kier molecular flexibility index (Phi) is 3.34. The molecule has 2 rings (SSSR count). The van der Waals surface area contributed by atoms with E-state index in [1.54, 1.807) is 22.8 Å². The number of fused-ring (bicyclic) bond motifs is 1. The predicted molar refractivity (Wildman–Crippen MR) is 59.7 cm³/mol. The Morgan fingerprint density at radius 3 is 3.06 bits per heavy atom. The number of aromatic nitrogens is 3. The zero-order chi connectivity index (χ0) is 12.3. The van der Waals surface area contributed by atoms with E-state index in [1.165, 1.54) is 7.11 Å². The number of aliphatic hydroxyl groups is 1. The molecule has 0 amide bonds. The number of carbonyl (C=O) groups excluding carboxylic acids is 1. The van der Waals surface area contributed by atoms with Crippen LogP contribution >= 0.6 is 0 Å². The van der Waals surface area contributed by atoms with Crippen LogP contribution in [-0.4, -0.2) is 39.4 Å². The molecule has 6 heteroatoms. The van der Waals surface area contributed by atoms with E-state index in [1.807, 2.05) is 0 Å². The molecule has 0 aliphatic rings. The highest BCUT2D eigenvalue weighted by Gasteiger charge is 2.08. The van der Waals surface area contributed by atoms with Crippen molar-refractivity contribution in [2.75, 3.05) is 13.7 Å². The molecule has 90 valence electrons. The SMILES string of the molecule is COC(=O)c1ccc2nc(CCCO)nn2c1. The van der Waals surface area contributed by atoms with Crippen molar-refractivity contribution in [1.82, 2.24) is 14.6 Å². The third-order valence-corrected chi connectivity index (χ3v) is 2.35. The topological polar surface area (TPSA) is 76.7 Å². The summed E-state index contributed by atoms with van der Waals surface area (Å²) in [6, 6.07) is 3.35. The van der Waals surface area contributed by atoms with E-state index in [2.05, 4.69) is 14.8 Å². The van der Waals surface area contributed by atoms with Gasteiger partial charge in [-0.3, -0.25) is 0 Å². The number of ether oxygens (including phenoxy) is 1. The summed E-state index contributed by atoms with van der Waals surface area (Å²) >= 11 is 0. The first-order valence-electron chi connectivity index (χ1n) is 5.29. The van der Waals surface area contributed by atoms with Crippen molar-refractivity contribution in [1.29, 1.82) is 0 Å². The first-order valence-corrected chi connectivity index (χ1v) is 5.29. The van der Waals surface area contributed by atoms with Gasteiger partial charge in [0.1, 0.15) is 0 Å². The molecule has 0 spiro atoms. The van der Waals surface area contributed by atoms with Crippen LogP contribution in [0.2, 0.25) is 0 Å². The number of aliphatic hydroxyl groups excluding tert-OH is 1. The highest BCUT2D eigenvalue weighted by molar-refractivity contribution is 5.89. The lowest BCUT2D eigenvalue weighted by atomic mass is 10.3. The molecule has 0 bridgehead atoms. The number of methoxy groups -OCH3 is 1. The summed E-state index contributed by atoms with van der Waals surface area (Å²) in [5.41, 5.74) is 1.10. The summed E-state index contributed by atoms with van der Waals surface area (Å²) in [6.45, 7) is 0.114. The lowest BCUT2D eigenvalue weighted by molar-refractivity contribution is 0.0600. The van der Waals surface area contributed by atoms with Gasteiger partial charge >= 0.3 is 5.97 Å². The molecule has 0 radical (unpaired) electrons. The van der Waals surface area contributed by atoms with Gasteiger partial charge in [0.15, 0.2) is 11.5 Å². The summed E-state index contributed by atoms with van der Waals surface area (Å²) in [6.07, 6.45) is 2.82. The predicted octanol–water partition coefficient (Wildman–Crippen LogP) is 0.441. The van der Waals surface area contributed by atoms with Crippen molar-refractivity contribution in [3.8, 4) is 0 Å². The van der Waals surface area contributed by atoms with Crippen LogP contribution in [0.15, 0.2) is 18.3 Å². The number of nitrogens with zero attached hydrogens (tertiary/aromatic N) is 3. The number of esters is 1. The molecular formula is C11H13N3O3. The lowest BCUT2D eigenvalue weighted by Gasteiger charge is -1.98. The first-order chi connectivity index (χ1) is 8.24. The zero-order valence-corrected chi connectivity index (χ0v) is 9.46. The zero-order valence-electron chi connectivity index (χ0n) is 9.46. The van der Waals surface area contributed by atoms with Crippen molar-refractivity contribution < 1.29 is 14.6 Å². The number of aryl methyl sites for hydroxylation is 1. The van der Waals surface area contributed by atoms with Crippen LogP contribution in [-0.2, 0) is 11.2 Å². The maximum atomic E-state index is 11.3. The summed E-state index contributed by atoms with van der Waals surface area (Å²) in [4.78, 5) is 15.6. The van der Waals surface area contributed by atoms with E-state index in [0.717, 1.165) is 0 Å². The molecule has 0 fully saturated rings. The van der Waals surface area contributed by atoms with Crippen molar-refractivity contribution in [3.05, 3.63) is 29.7 Å². The highest BCUT2D eigenvalue weighted by Crippen LogP contribution is 2.07. The second-order valence-corrected chi connectivity index (χ2v) is 3.57.